The van der Waals surface area contributed by atoms with Crippen LogP contribution in [-0.4, -0.2) is 32.1 Å². The molecule has 1 amide bonds. The molecule has 0 spiro atoms. The van der Waals surface area contributed by atoms with Crippen LogP contribution in [0.2, 0.25) is 0 Å². The largest absolute Gasteiger partial charge is 0.465 e. The van der Waals surface area contributed by atoms with E-state index in [0.717, 1.165) is 4.43 Å². The lowest BCUT2D eigenvalue weighted by molar-refractivity contribution is 0.0827. The first-order chi connectivity index (χ1) is 5.30. The van der Waals surface area contributed by atoms with E-state index < -0.39 is 6.09 Å². The molecule has 1 N–H and O–H groups in total. The minimum atomic E-state index is -0.841. The Hall–Kier alpha value is 0. The molecule has 12 heavy (non-hydrogen) atoms. The number of halogens is 1. The van der Waals surface area contributed by atoms with Crippen molar-refractivity contribution < 1.29 is 9.90 Å². The first-order valence-electron chi connectivity index (χ1n) is 3.89. The second kappa shape index (κ2) is 4.30. The number of nitrogens with zero attached hydrogens (tertiary/aromatic N) is 1. The standard InChI is InChI=1S/C8H16INO2/c1-6(5-9)10(7(11)12)8(2,3)4/h6H,5H2,1-4H3,(H,11,12)/t6-/m0/s1. The highest BCUT2D eigenvalue weighted by molar-refractivity contribution is 14.1. The predicted octanol–water partition coefficient (Wildman–Crippen LogP) is 2.59. The molecule has 0 saturated carbocycles. The first kappa shape index (κ1) is 12.0. The molecule has 0 fully saturated rings. The summed E-state index contributed by atoms with van der Waals surface area (Å²) in [6.07, 6.45) is -0.841. The smallest absolute Gasteiger partial charge is 0.407 e. The van der Waals surface area contributed by atoms with Crippen LogP contribution in [0.4, 0.5) is 4.79 Å². The number of hydrogen-bond donors (Lipinski definition) is 1. The van der Waals surface area contributed by atoms with Gasteiger partial charge >= 0.3 is 6.09 Å². The van der Waals surface area contributed by atoms with Crippen molar-refractivity contribution in [2.24, 2.45) is 0 Å². The Labute approximate surface area is 87.3 Å². The van der Waals surface area contributed by atoms with Crippen molar-refractivity contribution in [2.75, 3.05) is 4.43 Å². The van der Waals surface area contributed by atoms with E-state index >= 15 is 0 Å². The number of hydrogen-bond acceptors (Lipinski definition) is 1. The average Bonchev–Trinajstić information content (AvgIpc) is 1.83. The lowest BCUT2D eigenvalue weighted by Gasteiger charge is -2.37. The molecule has 0 saturated heterocycles. The summed E-state index contributed by atoms with van der Waals surface area (Å²) in [6, 6.07) is 0.0723. The van der Waals surface area contributed by atoms with Crippen LogP contribution in [0, 0.1) is 0 Å². The highest BCUT2D eigenvalue weighted by Crippen LogP contribution is 2.18. The molecular weight excluding hydrogens is 269 g/mol. The third-order valence-corrected chi connectivity index (χ3v) is 2.87. The maximum absolute atomic E-state index is 10.9. The number of alkyl halides is 1. The Bertz CT molecular complexity index is 165. The van der Waals surface area contributed by atoms with E-state index in [9.17, 15) is 4.79 Å². The van der Waals surface area contributed by atoms with Gasteiger partial charge in [-0.25, -0.2) is 4.79 Å². The van der Waals surface area contributed by atoms with Gasteiger partial charge < -0.3 is 10.0 Å². The molecular formula is C8H16INO2. The molecule has 4 heteroatoms. The fourth-order valence-electron chi connectivity index (χ4n) is 1.21. The molecule has 0 aromatic carbocycles. The summed E-state index contributed by atoms with van der Waals surface area (Å²) in [5.41, 5.74) is -0.309. The summed E-state index contributed by atoms with van der Waals surface area (Å²) in [6.45, 7) is 7.64. The summed E-state index contributed by atoms with van der Waals surface area (Å²) in [5.74, 6) is 0. The SMILES string of the molecule is C[C@@H](CI)N(C(=O)O)C(C)(C)C. The molecule has 0 radical (unpaired) electrons. The zero-order valence-electron chi connectivity index (χ0n) is 7.97. The molecule has 0 rings (SSSR count). The van der Waals surface area contributed by atoms with Crippen molar-refractivity contribution >= 4 is 28.7 Å². The lowest BCUT2D eigenvalue weighted by atomic mass is 10.1. The molecule has 3 nitrogen and oxygen atoms in total. The van der Waals surface area contributed by atoms with Crippen molar-refractivity contribution in [1.82, 2.24) is 4.90 Å². The minimum absolute atomic E-state index is 0.0723. The highest BCUT2D eigenvalue weighted by Gasteiger charge is 2.29. The van der Waals surface area contributed by atoms with Crippen LogP contribution >= 0.6 is 22.6 Å². The fraction of sp³-hybridized carbons (Fsp3) is 0.875. The van der Waals surface area contributed by atoms with Crippen LogP contribution in [0.1, 0.15) is 27.7 Å². The predicted molar refractivity (Wildman–Crippen MR) is 58.0 cm³/mol. The minimum Gasteiger partial charge on any atom is -0.465 e. The Morgan fingerprint density at radius 3 is 2.08 bits per heavy atom. The molecule has 72 valence electrons. The van der Waals surface area contributed by atoms with Gasteiger partial charge in [0.15, 0.2) is 0 Å². The zero-order valence-corrected chi connectivity index (χ0v) is 10.1. The summed E-state index contributed by atoms with van der Waals surface area (Å²) < 4.78 is 0.821. The van der Waals surface area contributed by atoms with E-state index in [-0.39, 0.29) is 11.6 Å². The van der Waals surface area contributed by atoms with Crippen LogP contribution in [0.3, 0.4) is 0 Å². The normalized spacial score (nSPS) is 14.1. The molecule has 0 aliphatic heterocycles. The topological polar surface area (TPSA) is 40.5 Å². The molecule has 0 unspecified atom stereocenters. The van der Waals surface area contributed by atoms with Crippen LogP contribution in [0.15, 0.2) is 0 Å². The third kappa shape index (κ3) is 3.16. The van der Waals surface area contributed by atoms with Crippen molar-refractivity contribution in [2.45, 2.75) is 39.3 Å². The van der Waals surface area contributed by atoms with Gasteiger partial charge in [0.2, 0.25) is 0 Å². The van der Waals surface area contributed by atoms with Crippen molar-refractivity contribution in [3.05, 3.63) is 0 Å². The van der Waals surface area contributed by atoms with Crippen LogP contribution in [-0.2, 0) is 0 Å². The maximum atomic E-state index is 10.9. The summed E-state index contributed by atoms with van der Waals surface area (Å²) in [7, 11) is 0. The van der Waals surface area contributed by atoms with Gasteiger partial charge in [0, 0.05) is 16.0 Å². The fourth-order valence-corrected chi connectivity index (χ4v) is 1.60. The Balaban J connectivity index is 4.56. The summed E-state index contributed by atoms with van der Waals surface area (Å²) in [4.78, 5) is 12.4. The molecule has 0 aromatic rings. The Kier molecular flexibility index (Phi) is 4.30. The van der Waals surface area contributed by atoms with Crippen molar-refractivity contribution in [3.63, 3.8) is 0 Å². The van der Waals surface area contributed by atoms with Gasteiger partial charge in [-0.2, -0.15) is 0 Å². The highest BCUT2D eigenvalue weighted by atomic mass is 127. The van der Waals surface area contributed by atoms with Crippen molar-refractivity contribution in [3.8, 4) is 0 Å². The maximum Gasteiger partial charge on any atom is 0.407 e. The number of carboxylic acid groups (broad SMARTS) is 1. The Morgan fingerprint density at radius 1 is 1.58 bits per heavy atom. The first-order valence-corrected chi connectivity index (χ1v) is 5.41. The van der Waals surface area contributed by atoms with E-state index in [2.05, 4.69) is 22.6 Å². The number of rotatable bonds is 2. The number of amides is 1. The van der Waals surface area contributed by atoms with Gasteiger partial charge in [0.25, 0.3) is 0 Å². The van der Waals surface area contributed by atoms with Gasteiger partial charge in [0.05, 0.1) is 0 Å². The molecule has 0 aliphatic rings. The Morgan fingerprint density at radius 2 is 2.00 bits per heavy atom. The van der Waals surface area contributed by atoms with E-state index in [1.807, 2.05) is 27.7 Å². The molecule has 0 heterocycles. The summed E-state index contributed by atoms with van der Waals surface area (Å²) >= 11 is 2.20. The zero-order chi connectivity index (χ0) is 9.94. The second-order valence-corrected chi connectivity index (χ2v) is 4.71. The van der Waals surface area contributed by atoms with E-state index in [1.54, 1.807) is 0 Å². The summed E-state index contributed by atoms with van der Waals surface area (Å²) in [5, 5.41) is 8.93. The van der Waals surface area contributed by atoms with E-state index in [1.165, 1.54) is 4.90 Å². The van der Waals surface area contributed by atoms with E-state index in [4.69, 9.17) is 5.11 Å². The second-order valence-electron chi connectivity index (χ2n) is 3.83. The monoisotopic (exact) mass is 285 g/mol. The van der Waals surface area contributed by atoms with Crippen LogP contribution in [0.25, 0.3) is 0 Å². The number of carbonyl (C=O) groups is 1. The van der Waals surface area contributed by atoms with Crippen molar-refractivity contribution in [1.29, 1.82) is 0 Å². The molecule has 0 bridgehead atoms. The van der Waals surface area contributed by atoms with Crippen LogP contribution < -0.4 is 0 Å². The van der Waals surface area contributed by atoms with Gasteiger partial charge in [-0.05, 0) is 27.7 Å². The van der Waals surface area contributed by atoms with Gasteiger partial charge in [-0.3, -0.25) is 0 Å². The van der Waals surface area contributed by atoms with E-state index in [0.29, 0.717) is 0 Å². The van der Waals surface area contributed by atoms with Crippen LogP contribution in [0.5, 0.6) is 0 Å². The van der Waals surface area contributed by atoms with Gasteiger partial charge in [0.1, 0.15) is 0 Å². The molecule has 0 aliphatic carbocycles. The molecule has 1 atom stereocenters. The van der Waals surface area contributed by atoms with Gasteiger partial charge in [-0.15, -0.1) is 0 Å². The quantitative estimate of drug-likeness (QED) is 0.626. The molecule has 0 aromatic heterocycles. The lowest BCUT2D eigenvalue weighted by Crippen LogP contribution is -2.50. The van der Waals surface area contributed by atoms with Gasteiger partial charge in [-0.1, -0.05) is 22.6 Å². The third-order valence-electron chi connectivity index (χ3n) is 1.59. The average molecular weight is 285 g/mol.